The fourth-order valence-electron chi connectivity index (χ4n) is 2.60. The molecular weight excluding hydrogens is 391 g/mol. The first-order chi connectivity index (χ1) is 12.9. The summed E-state index contributed by atoms with van der Waals surface area (Å²) in [6.07, 6.45) is 0. The van der Waals surface area contributed by atoms with Crippen LogP contribution in [-0.4, -0.2) is 22.2 Å². The van der Waals surface area contributed by atoms with Crippen molar-refractivity contribution < 1.29 is 14.2 Å². The number of nitro groups is 1. The third-order valence-corrected chi connectivity index (χ3v) is 5.23. The molecule has 3 rings (SSSR count). The van der Waals surface area contributed by atoms with Gasteiger partial charge in [-0.2, -0.15) is 0 Å². The molecule has 0 amide bonds. The Balaban J connectivity index is 1.75. The van der Waals surface area contributed by atoms with Crippen molar-refractivity contribution in [3.05, 3.63) is 74.1 Å². The van der Waals surface area contributed by atoms with Crippen molar-refractivity contribution in [1.82, 2.24) is 10.2 Å². The molecule has 0 aliphatic carbocycles. The first-order valence-corrected chi connectivity index (χ1v) is 8.96. The lowest BCUT2D eigenvalue weighted by molar-refractivity contribution is -0.925. The van der Waals surface area contributed by atoms with E-state index >= 15 is 0 Å². The molecular formula is C18H17Cl2N4O3+. The van der Waals surface area contributed by atoms with Gasteiger partial charge in [0.05, 0.1) is 22.0 Å². The number of rotatable bonds is 6. The van der Waals surface area contributed by atoms with Crippen molar-refractivity contribution in [2.24, 2.45) is 0 Å². The standard InChI is InChI=1S/C18H16Cl2N4O3/c1-11(23(2)10-13-4-3-5-15(19)16(13)20)17-21-22-18(27-17)12-6-8-14(9-7-12)24(25)26/h3-9,11H,10H2,1-2H3/p+1/t11-/m1/s1. The van der Waals surface area contributed by atoms with Crippen molar-refractivity contribution in [3.8, 4) is 11.5 Å². The molecule has 1 heterocycles. The highest BCUT2D eigenvalue weighted by molar-refractivity contribution is 6.42. The normalized spacial score (nSPS) is 13.3. The van der Waals surface area contributed by atoms with E-state index in [-0.39, 0.29) is 11.7 Å². The number of nitrogens with zero attached hydrogens (tertiary/aromatic N) is 3. The van der Waals surface area contributed by atoms with Gasteiger partial charge < -0.3 is 9.32 Å². The Labute approximate surface area is 165 Å². The summed E-state index contributed by atoms with van der Waals surface area (Å²) in [6, 6.07) is 11.4. The van der Waals surface area contributed by atoms with E-state index in [0.717, 1.165) is 10.5 Å². The van der Waals surface area contributed by atoms with Gasteiger partial charge in [-0.05, 0) is 25.1 Å². The Morgan fingerprint density at radius 1 is 1.19 bits per heavy atom. The predicted octanol–water partition coefficient (Wildman–Crippen LogP) is 3.73. The summed E-state index contributed by atoms with van der Waals surface area (Å²) < 4.78 is 5.77. The second-order valence-corrected chi connectivity index (χ2v) is 6.99. The van der Waals surface area contributed by atoms with Gasteiger partial charge in [0.25, 0.3) is 11.6 Å². The number of aromatic nitrogens is 2. The summed E-state index contributed by atoms with van der Waals surface area (Å²) in [7, 11) is 2.00. The van der Waals surface area contributed by atoms with Gasteiger partial charge in [-0.1, -0.05) is 35.3 Å². The monoisotopic (exact) mass is 407 g/mol. The quantitative estimate of drug-likeness (QED) is 0.496. The van der Waals surface area contributed by atoms with Crippen LogP contribution in [0.25, 0.3) is 11.5 Å². The van der Waals surface area contributed by atoms with E-state index in [2.05, 4.69) is 10.2 Å². The molecule has 0 fully saturated rings. The highest BCUT2D eigenvalue weighted by atomic mass is 35.5. The third-order valence-electron chi connectivity index (χ3n) is 4.38. The van der Waals surface area contributed by atoms with E-state index in [1.54, 1.807) is 18.2 Å². The van der Waals surface area contributed by atoms with Crippen molar-refractivity contribution in [3.63, 3.8) is 0 Å². The number of benzene rings is 2. The minimum absolute atomic E-state index is 0.00874. The molecule has 0 bridgehead atoms. The summed E-state index contributed by atoms with van der Waals surface area (Å²) in [4.78, 5) is 11.4. The zero-order valence-corrected chi connectivity index (χ0v) is 16.2. The summed E-state index contributed by atoms with van der Waals surface area (Å²) in [6.45, 7) is 2.61. The number of non-ortho nitro benzene ring substituents is 1. The van der Waals surface area contributed by atoms with Gasteiger partial charge in [0.1, 0.15) is 6.54 Å². The Kier molecular flexibility index (Phi) is 5.74. The molecule has 2 aromatic carbocycles. The molecule has 0 aliphatic heterocycles. The lowest BCUT2D eigenvalue weighted by Crippen LogP contribution is -3.07. The largest absolute Gasteiger partial charge is 0.415 e. The zero-order valence-electron chi connectivity index (χ0n) is 14.6. The molecule has 2 atom stereocenters. The molecule has 27 heavy (non-hydrogen) atoms. The van der Waals surface area contributed by atoms with Crippen LogP contribution in [0.15, 0.2) is 46.9 Å². The lowest BCUT2D eigenvalue weighted by atomic mass is 10.2. The second-order valence-electron chi connectivity index (χ2n) is 6.21. The van der Waals surface area contributed by atoms with Crippen LogP contribution in [-0.2, 0) is 6.54 Å². The molecule has 1 N–H and O–H groups in total. The number of hydrogen-bond acceptors (Lipinski definition) is 5. The van der Waals surface area contributed by atoms with Crippen LogP contribution in [0.3, 0.4) is 0 Å². The maximum Gasteiger partial charge on any atom is 0.274 e. The third kappa shape index (κ3) is 4.27. The maximum atomic E-state index is 10.7. The van der Waals surface area contributed by atoms with Gasteiger partial charge >= 0.3 is 0 Å². The average molecular weight is 408 g/mol. The van der Waals surface area contributed by atoms with Gasteiger partial charge in [0.15, 0.2) is 6.04 Å². The van der Waals surface area contributed by atoms with E-state index in [4.69, 9.17) is 27.6 Å². The zero-order chi connectivity index (χ0) is 19.6. The van der Waals surface area contributed by atoms with Crippen LogP contribution in [0.4, 0.5) is 5.69 Å². The van der Waals surface area contributed by atoms with Crippen LogP contribution < -0.4 is 4.90 Å². The molecule has 1 unspecified atom stereocenters. The molecule has 0 spiro atoms. The van der Waals surface area contributed by atoms with Crippen LogP contribution in [0, 0.1) is 10.1 Å². The Bertz CT molecular complexity index is 959. The molecule has 9 heteroatoms. The number of quaternary nitrogens is 1. The van der Waals surface area contributed by atoms with Crippen LogP contribution >= 0.6 is 23.2 Å². The molecule has 7 nitrogen and oxygen atoms in total. The fourth-order valence-corrected chi connectivity index (χ4v) is 2.99. The maximum absolute atomic E-state index is 10.7. The molecule has 0 aliphatic rings. The minimum atomic E-state index is -0.454. The number of hydrogen-bond donors (Lipinski definition) is 1. The molecule has 0 radical (unpaired) electrons. The van der Waals surface area contributed by atoms with Crippen molar-refractivity contribution >= 4 is 28.9 Å². The van der Waals surface area contributed by atoms with Crippen molar-refractivity contribution in [2.45, 2.75) is 19.5 Å². The smallest absolute Gasteiger partial charge is 0.274 e. The van der Waals surface area contributed by atoms with E-state index in [9.17, 15) is 10.1 Å². The van der Waals surface area contributed by atoms with Gasteiger partial charge in [-0.25, -0.2) is 0 Å². The average Bonchev–Trinajstić information content (AvgIpc) is 3.15. The number of nitro benzene ring substituents is 1. The Hall–Kier alpha value is -2.48. The highest BCUT2D eigenvalue weighted by Gasteiger charge is 2.23. The molecule has 140 valence electrons. The van der Waals surface area contributed by atoms with Crippen LogP contribution in [0.2, 0.25) is 10.0 Å². The summed E-state index contributed by atoms with van der Waals surface area (Å²) in [5, 5.41) is 20.0. The predicted molar refractivity (Wildman–Crippen MR) is 102 cm³/mol. The van der Waals surface area contributed by atoms with E-state index in [0.29, 0.717) is 33.9 Å². The lowest BCUT2D eigenvalue weighted by Gasteiger charge is -2.19. The summed E-state index contributed by atoms with van der Waals surface area (Å²) in [5.41, 5.74) is 1.57. The molecule has 1 aromatic heterocycles. The summed E-state index contributed by atoms with van der Waals surface area (Å²) in [5.74, 6) is 0.791. The van der Waals surface area contributed by atoms with Crippen LogP contribution in [0.1, 0.15) is 24.4 Å². The fraction of sp³-hybridized carbons (Fsp3) is 0.222. The topological polar surface area (TPSA) is 86.5 Å². The minimum Gasteiger partial charge on any atom is -0.415 e. The van der Waals surface area contributed by atoms with Crippen molar-refractivity contribution in [1.29, 1.82) is 0 Å². The second kappa shape index (κ2) is 8.04. The highest BCUT2D eigenvalue weighted by Crippen LogP contribution is 2.25. The van der Waals surface area contributed by atoms with E-state index < -0.39 is 4.92 Å². The Morgan fingerprint density at radius 3 is 2.56 bits per heavy atom. The summed E-state index contributed by atoms with van der Waals surface area (Å²) >= 11 is 12.3. The van der Waals surface area contributed by atoms with Crippen LogP contribution in [0.5, 0.6) is 0 Å². The first-order valence-electron chi connectivity index (χ1n) is 8.20. The SMILES string of the molecule is C[C@H](c1nnc(-c2ccc([N+](=O)[O-])cc2)o1)[NH+](C)Cc1cccc(Cl)c1Cl. The number of halogens is 2. The molecule has 0 saturated heterocycles. The van der Waals surface area contributed by atoms with Gasteiger partial charge in [-0.3, -0.25) is 10.1 Å². The Morgan fingerprint density at radius 2 is 1.89 bits per heavy atom. The van der Waals surface area contributed by atoms with Crippen molar-refractivity contribution in [2.75, 3.05) is 7.05 Å². The van der Waals surface area contributed by atoms with Gasteiger partial charge in [-0.15, -0.1) is 10.2 Å². The van der Waals surface area contributed by atoms with Gasteiger partial charge in [0.2, 0.25) is 5.89 Å². The molecule has 0 saturated carbocycles. The number of nitrogens with one attached hydrogen (secondary N) is 1. The first kappa shape index (κ1) is 19.3. The van der Waals surface area contributed by atoms with Gasteiger partial charge in [0, 0.05) is 23.3 Å². The van der Waals surface area contributed by atoms with E-state index in [1.165, 1.54) is 12.1 Å². The van der Waals surface area contributed by atoms with E-state index in [1.807, 2.05) is 26.1 Å². The molecule has 3 aromatic rings.